The van der Waals surface area contributed by atoms with Crippen molar-refractivity contribution in [3.8, 4) is 5.75 Å². The summed E-state index contributed by atoms with van der Waals surface area (Å²) in [5.41, 5.74) is 1.18. The number of likely N-dealkylation sites (N-methyl/N-ethyl adjacent to an activating group) is 1. The van der Waals surface area contributed by atoms with Crippen LogP contribution in [0.1, 0.15) is 31.9 Å². The molecular formula is C16H24N2O2. The molecule has 1 heterocycles. The number of rotatable bonds is 6. The Hall–Kier alpha value is -1.55. The van der Waals surface area contributed by atoms with Gasteiger partial charge >= 0.3 is 0 Å². The molecule has 4 heteroatoms. The lowest BCUT2D eigenvalue weighted by Gasteiger charge is -2.24. The Balaban J connectivity index is 2.02. The summed E-state index contributed by atoms with van der Waals surface area (Å²) < 4.78 is 5.45. The largest absolute Gasteiger partial charge is 0.494 e. The Morgan fingerprint density at radius 1 is 1.40 bits per heavy atom. The summed E-state index contributed by atoms with van der Waals surface area (Å²) in [5.74, 6) is 1.63. The SMILES string of the molecule is CCOc1ccc(C(CN2CC(C)CC2=O)NC)cc1. The van der Waals surface area contributed by atoms with Gasteiger partial charge in [0.05, 0.1) is 6.61 Å². The van der Waals surface area contributed by atoms with E-state index in [1.807, 2.05) is 31.0 Å². The molecule has 1 aliphatic heterocycles. The maximum atomic E-state index is 11.9. The molecule has 0 saturated carbocycles. The second kappa shape index (κ2) is 6.75. The zero-order valence-electron chi connectivity index (χ0n) is 12.6. The lowest BCUT2D eigenvalue weighted by molar-refractivity contribution is -0.128. The number of amides is 1. The van der Waals surface area contributed by atoms with Gasteiger partial charge in [0, 0.05) is 25.6 Å². The van der Waals surface area contributed by atoms with Crippen LogP contribution in [0, 0.1) is 5.92 Å². The first-order valence-electron chi connectivity index (χ1n) is 7.31. The minimum Gasteiger partial charge on any atom is -0.494 e. The second-order valence-corrected chi connectivity index (χ2v) is 5.45. The number of nitrogens with zero attached hydrogens (tertiary/aromatic N) is 1. The van der Waals surface area contributed by atoms with Crippen LogP contribution in [0.3, 0.4) is 0 Å². The molecule has 1 aliphatic rings. The maximum absolute atomic E-state index is 11.9. The van der Waals surface area contributed by atoms with E-state index >= 15 is 0 Å². The van der Waals surface area contributed by atoms with E-state index < -0.39 is 0 Å². The fraction of sp³-hybridized carbons (Fsp3) is 0.562. The summed E-state index contributed by atoms with van der Waals surface area (Å²) in [6, 6.07) is 8.27. The van der Waals surface area contributed by atoms with Gasteiger partial charge in [0.1, 0.15) is 5.75 Å². The van der Waals surface area contributed by atoms with Crippen LogP contribution in [0.2, 0.25) is 0 Å². The van der Waals surface area contributed by atoms with Gasteiger partial charge in [-0.1, -0.05) is 19.1 Å². The van der Waals surface area contributed by atoms with Crippen molar-refractivity contribution in [1.82, 2.24) is 10.2 Å². The topological polar surface area (TPSA) is 41.6 Å². The molecule has 0 bridgehead atoms. The van der Waals surface area contributed by atoms with Crippen molar-refractivity contribution in [1.29, 1.82) is 0 Å². The molecule has 1 aromatic carbocycles. The highest BCUT2D eigenvalue weighted by molar-refractivity contribution is 5.78. The first-order valence-corrected chi connectivity index (χ1v) is 7.31. The molecule has 1 saturated heterocycles. The highest BCUT2D eigenvalue weighted by Gasteiger charge is 2.28. The zero-order valence-corrected chi connectivity index (χ0v) is 12.6. The molecule has 1 amide bonds. The second-order valence-electron chi connectivity index (χ2n) is 5.45. The number of hydrogen-bond donors (Lipinski definition) is 1. The number of carbonyl (C=O) groups excluding carboxylic acids is 1. The van der Waals surface area contributed by atoms with Crippen molar-refractivity contribution < 1.29 is 9.53 Å². The lowest BCUT2D eigenvalue weighted by atomic mass is 10.1. The van der Waals surface area contributed by atoms with E-state index in [0.717, 1.165) is 18.8 Å². The van der Waals surface area contributed by atoms with Crippen LogP contribution in [-0.4, -0.2) is 37.6 Å². The van der Waals surface area contributed by atoms with Crippen LogP contribution >= 0.6 is 0 Å². The quantitative estimate of drug-likeness (QED) is 0.866. The highest BCUT2D eigenvalue weighted by Crippen LogP contribution is 2.23. The molecule has 0 aromatic heterocycles. The van der Waals surface area contributed by atoms with Crippen molar-refractivity contribution in [2.75, 3.05) is 26.7 Å². The van der Waals surface area contributed by atoms with Crippen LogP contribution in [0.15, 0.2) is 24.3 Å². The zero-order chi connectivity index (χ0) is 14.5. The molecule has 0 aliphatic carbocycles. The van der Waals surface area contributed by atoms with Gasteiger partial charge in [0.2, 0.25) is 5.91 Å². The van der Waals surface area contributed by atoms with Crippen LogP contribution in [0.4, 0.5) is 0 Å². The third-order valence-corrected chi connectivity index (χ3v) is 3.75. The van der Waals surface area contributed by atoms with Gasteiger partial charge in [-0.25, -0.2) is 0 Å². The van der Waals surface area contributed by atoms with Crippen molar-refractivity contribution in [3.05, 3.63) is 29.8 Å². The maximum Gasteiger partial charge on any atom is 0.222 e. The van der Waals surface area contributed by atoms with E-state index in [2.05, 4.69) is 24.4 Å². The summed E-state index contributed by atoms with van der Waals surface area (Å²) in [4.78, 5) is 13.8. The first-order chi connectivity index (χ1) is 9.63. The van der Waals surface area contributed by atoms with Gasteiger partial charge < -0.3 is 15.0 Å². The van der Waals surface area contributed by atoms with E-state index in [4.69, 9.17) is 4.74 Å². The third kappa shape index (κ3) is 3.51. The predicted octanol–water partition coefficient (Wildman–Crippen LogP) is 2.21. The molecule has 2 rings (SSSR count). The van der Waals surface area contributed by atoms with Gasteiger partial charge in [0.15, 0.2) is 0 Å². The molecule has 1 aromatic rings. The number of ether oxygens (including phenoxy) is 1. The fourth-order valence-corrected chi connectivity index (χ4v) is 2.69. The van der Waals surface area contributed by atoms with Crippen LogP contribution in [0.25, 0.3) is 0 Å². The normalized spacial score (nSPS) is 20.2. The van der Waals surface area contributed by atoms with Crippen molar-refractivity contribution >= 4 is 5.91 Å². The Morgan fingerprint density at radius 3 is 2.60 bits per heavy atom. The Bertz CT molecular complexity index is 444. The number of likely N-dealkylation sites (tertiary alicyclic amines) is 1. The van der Waals surface area contributed by atoms with Gasteiger partial charge in [-0.15, -0.1) is 0 Å². The average Bonchev–Trinajstić information content (AvgIpc) is 2.75. The molecule has 1 fully saturated rings. The third-order valence-electron chi connectivity index (χ3n) is 3.75. The van der Waals surface area contributed by atoms with Crippen molar-refractivity contribution in [2.45, 2.75) is 26.3 Å². The first kappa shape index (κ1) is 14.9. The minimum atomic E-state index is 0.167. The summed E-state index contributed by atoms with van der Waals surface area (Å²) in [5, 5.41) is 3.30. The Labute approximate surface area is 121 Å². The Morgan fingerprint density at radius 2 is 2.10 bits per heavy atom. The smallest absolute Gasteiger partial charge is 0.222 e. The molecular weight excluding hydrogens is 252 g/mol. The number of nitrogens with one attached hydrogen (secondary N) is 1. The summed E-state index contributed by atoms with van der Waals surface area (Å²) >= 11 is 0. The van der Waals surface area contributed by atoms with Gasteiger partial charge in [0.25, 0.3) is 0 Å². The predicted molar refractivity (Wildman–Crippen MR) is 79.8 cm³/mol. The van der Waals surface area contributed by atoms with Gasteiger partial charge in [-0.05, 0) is 37.6 Å². The molecule has 0 radical (unpaired) electrons. The van der Waals surface area contributed by atoms with E-state index in [0.29, 0.717) is 18.9 Å². The standard InChI is InChI=1S/C16H24N2O2/c1-4-20-14-7-5-13(6-8-14)15(17-3)11-18-10-12(2)9-16(18)19/h5-8,12,15,17H,4,9-11H2,1-3H3. The molecule has 110 valence electrons. The average molecular weight is 276 g/mol. The molecule has 1 N–H and O–H groups in total. The van der Waals surface area contributed by atoms with Crippen LogP contribution in [0.5, 0.6) is 5.75 Å². The number of hydrogen-bond acceptors (Lipinski definition) is 3. The van der Waals surface area contributed by atoms with Gasteiger partial charge in [-0.3, -0.25) is 4.79 Å². The molecule has 2 unspecified atom stereocenters. The molecule has 0 spiro atoms. The van der Waals surface area contributed by atoms with Crippen LogP contribution < -0.4 is 10.1 Å². The summed E-state index contributed by atoms with van der Waals surface area (Å²) in [7, 11) is 1.94. The lowest BCUT2D eigenvalue weighted by Crippen LogP contribution is -2.34. The number of benzene rings is 1. The summed E-state index contributed by atoms with van der Waals surface area (Å²) in [6.45, 7) is 6.38. The fourth-order valence-electron chi connectivity index (χ4n) is 2.69. The van der Waals surface area contributed by atoms with Gasteiger partial charge in [-0.2, -0.15) is 0 Å². The van der Waals surface area contributed by atoms with Crippen molar-refractivity contribution in [2.24, 2.45) is 5.92 Å². The molecule has 20 heavy (non-hydrogen) atoms. The van der Waals surface area contributed by atoms with E-state index in [1.54, 1.807) is 0 Å². The monoisotopic (exact) mass is 276 g/mol. The molecule has 4 nitrogen and oxygen atoms in total. The highest BCUT2D eigenvalue weighted by atomic mass is 16.5. The minimum absolute atomic E-state index is 0.167. The van der Waals surface area contributed by atoms with E-state index in [1.165, 1.54) is 5.56 Å². The van der Waals surface area contributed by atoms with E-state index in [9.17, 15) is 4.79 Å². The van der Waals surface area contributed by atoms with Crippen LogP contribution in [-0.2, 0) is 4.79 Å². The van der Waals surface area contributed by atoms with E-state index in [-0.39, 0.29) is 11.9 Å². The summed E-state index contributed by atoms with van der Waals surface area (Å²) in [6.07, 6.45) is 0.680. The molecule has 2 atom stereocenters. The number of carbonyl (C=O) groups is 1. The van der Waals surface area contributed by atoms with Crippen molar-refractivity contribution in [3.63, 3.8) is 0 Å². The Kier molecular flexibility index (Phi) is 5.01.